The van der Waals surface area contributed by atoms with Crippen molar-refractivity contribution in [3.63, 3.8) is 0 Å². The minimum absolute atomic E-state index is 1.10. The van der Waals surface area contributed by atoms with Crippen molar-refractivity contribution in [1.82, 2.24) is 0 Å². The maximum absolute atomic E-state index is 2.32. The summed E-state index contributed by atoms with van der Waals surface area (Å²) in [7, 11) is 0. The monoisotopic (exact) mass is 853 g/mol. The maximum Gasteiger partial charge on any atom is 0.0462 e. The molecular weight excluding hydrogens is 799 g/mol. The van der Waals surface area contributed by atoms with Crippen LogP contribution in [-0.4, -0.2) is 0 Å². The van der Waals surface area contributed by atoms with Gasteiger partial charge in [-0.05, 0) is 166 Å². The third-order valence-corrected chi connectivity index (χ3v) is 12.0. The SMILES string of the molecule is Cc1ccc(N(c2ccc(C)cc2)c2ccc(/C=C\c3ccc(N(c4ccc(C)cc4)c4ccc(/C=C\c5ccc(N(c6ccc(C)cc6)c6ccc(C)cc6)cc5)cc4)cc3)cc2)cc1. The molecular formula is C63H55N3. The van der Waals surface area contributed by atoms with E-state index in [9.17, 15) is 0 Å². The Labute approximate surface area is 391 Å². The molecule has 0 aliphatic rings. The van der Waals surface area contributed by atoms with Crippen LogP contribution in [0, 0.1) is 34.6 Å². The van der Waals surface area contributed by atoms with Gasteiger partial charge in [-0.2, -0.15) is 0 Å². The zero-order chi connectivity index (χ0) is 45.4. The molecule has 0 bridgehead atoms. The Morgan fingerprint density at radius 3 is 0.439 bits per heavy atom. The molecule has 0 heterocycles. The van der Waals surface area contributed by atoms with E-state index in [1.165, 1.54) is 27.8 Å². The number of benzene rings is 9. The zero-order valence-electron chi connectivity index (χ0n) is 38.4. The Balaban J connectivity index is 0.906. The first-order chi connectivity index (χ1) is 32.2. The molecule has 9 aromatic rings. The van der Waals surface area contributed by atoms with E-state index < -0.39 is 0 Å². The lowest BCUT2D eigenvalue weighted by atomic mass is 10.1. The Morgan fingerprint density at radius 1 is 0.182 bits per heavy atom. The van der Waals surface area contributed by atoms with E-state index in [0.717, 1.165) is 73.4 Å². The van der Waals surface area contributed by atoms with Crippen molar-refractivity contribution in [2.75, 3.05) is 14.7 Å². The lowest BCUT2D eigenvalue weighted by Gasteiger charge is -2.26. The molecule has 0 spiro atoms. The van der Waals surface area contributed by atoms with Crippen LogP contribution in [0.1, 0.15) is 50.1 Å². The largest absolute Gasteiger partial charge is 0.311 e. The lowest BCUT2D eigenvalue weighted by molar-refractivity contribution is 1.27. The van der Waals surface area contributed by atoms with Crippen molar-refractivity contribution in [2.45, 2.75) is 34.6 Å². The summed E-state index contributed by atoms with van der Waals surface area (Å²) in [5, 5.41) is 0. The molecule has 0 aliphatic carbocycles. The van der Waals surface area contributed by atoms with Gasteiger partial charge in [-0.3, -0.25) is 0 Å². The number of rotatable bonds is 13. The molecule has 0 aliphatic heterocycles. The lowest BCUT2D eigenvalue weighted by Crippen LogP contribution is -2.09. The van der Waals surface area contributed by atoms with Crippen LogP contribution in [0.2, 0.25) is 0 Å². The molecule has 0 unspecified atom stereocenters. The van der Waals surface area contributed by atoms with Crippen LogP contribution in [0.5, 0.6) is 0 Å². The van der Waals surface area contributed by atoms with E-state index in [-0.39, 0.29) is 0 Å². The summed E-state index contributed by atoms with van der Waals surface area (Å²) in [5.74, 6) is 0. The van der Waals surface area contributed by atoms with Crippen LogP contribution >= 0.6 is 0 Å². The van der Waals surface area contributed by atoms with Gasteiger partial charge < -0.3 is 14.7 Å². The number of nitrogens with zero attached hydrogens (tertiary/aromatic N) is 3. The number of aryl methyl sites for hydroxylation is 5. The second-order valence-electron chi connectivity index (χ2n) is 17.2. The van der Waals surface area contributed by atoms with Gasteiger partial charge >= 0.3 is 0 Å². The fourth-order valence-electron chi connectivity index (χ4n) is 8.13. The second kappa shape index (κ2) is 19.7. The summed E-state index contributed by atoms with van der Waals surface area (Å²) < 4.78 is 0. The first kappa shape index (κ1) is 43.1. The minimum Gasteiger partial charge on any atom is -0.311 e. The molecule has 9 rings (SSSR count). The second-order valence-corrected chi connectivity index (χ2v) is 17.2. The quantitative estimate of drug-likeness (QED) is 0.107. The van der Waals surface area contributed by atoms with Crippen molar-refractivity contribution in [1.29, 1.82) is 0 Å². The van der Waals surface area contributed by atoms with Gasteiger partial charge in [0.1, 0.15) is 0 Å². The molecule has 0 fully saturated rings. The van der Waals surface area contributed by atoms with Gasteiger partial charge in [-0.1, -0.05) is 161 Å². The summed E-state index contributed by atoms with van der Waals surface area (Å²) in [6, 6.07) is 78.8. The number of hydrogen-bond donors (Lipinski definition) is 0. The van der Waals surface area contributed by atoms with E-state index in [1.807, 2.05) is 0 Å². The van der Waals surface area contributed by atoms with Gasteiger partial charge in [0.25, 0.3) is 0 Å². The van der Waals surface area contributed by atoms with Crippen molar-refractivity contribution in [3.8, 4) is 0 Å². The molecule has 0 amide bonds. The van der Waals surface area contributed by atoms with E-state index in [0.29, 0.717) is 0 Å². The van der Waals surface area contributed by atoms with E-state index in [1.54, 1.807) is 0 Å². The van der Waals surface area contributed by atoms with Gasteiger partial charge in [-0.25, -0.2) is 0 Å². The molecule has 0 N–H and O–H groups in total. The van der Waals surface area contributed by atoms with E-state index in [2.05, 4.69) is 292 Å². The Bertz CT molecular complexity index is 2750. The predicted octanol–water partition coefficient (Wildman–Crippen LogP) is 18.0. The first-order valence-corrected chi connectivity index (χ1v) is 22.7. The van der Waals surface area contributed by atoms with E-state index >= 15 is 0 Å². The van der Waals surface area contributed by atoms with Gasteiger partial charge in [0, 0.05) is 51.2 Å². The zero-order valence-corrected chi connectivity index (χ0v) is 38.4. The standard InChI is InChI=1S/C63H55N3/c1-46-6-28-55(29-7-46)64(56-30-8-47(2)9-31-56)60-38-20-51(21-39-60)16-18-53-24-42-62(43-25-53)66(59-36-14-50(5)15-37-59)63-44-26-54(27-45-63)19-17-52-22-40-61(41-23-52)65(57-32-10-48(3)11-33-57)58-34-12-49(4)13-35-58/h6-45H,1-5H3/b18-16-,19-17-. The van der Waals surface area contributed by atoms with Crippen LogP contribution in [-0.2, 0) is 0 Å². The highest BCUT2D eigenvalue weighted by atomic mass is 15.2. The molecule has 3 nitrogen and oxygen atoms in total. The van der Waals surface area contributed by atoms with Gasteiger partial charge in [-0.15, -0.1) is 0 Å². The summed E-state index contributed by atoms with van der Waals surface area (Å²) in [4.78, 5) is 6.94. The number of hydrogen-bond acceptors (Lipinski definition) is 3. The van der Waals surface area contributed by atoms with Crippen LogP contribution in [0.3, 0.4) is 0 Å². The highest BCUT2D eigenvalue weighted by molar-refractivity contribution is 5.82. The van der Waals surface area contributed by atoms with Crippen LogP contribution < -0.4 is 14.7 Å². The molecule has 0 radical (unpaired) electrons. The molecule has 66 heavy (non-hydrogen) atoms. The Hall–Kier alpha value is -8.14. The van der Waals surface area contributed by atoms with Crippen LogP contribution in [0.15, 0.2) is 218 Å². The number of anilines is 9. The van der Waals surface area contributed by atoms with Gasteiger partial charge in [0.15, 0.2) is 0 Å². The van der Waals surface area contributed by atoms with Crippen molar-refractivity contribution in [3.05, 3.63) is 268 Å². The summed E-state index contributed by atoms with van der Waals surface area (Å²) in [5.41, 5.74) is 20.9. The summed E-state index contributed by atoms with van der Waals surface area (Å²) >= 11 is 0. The fourth-order valence-corrected chi connectivity index (χ4v) is 8.13. The molecule has 0 saturated carbocycles. The van der Waals surface area contributed by atoms with Crippen molar-refractivity contribution < 1.29 is 0 Å². The Kier molecular flexibility index (Phi) is 12.9. The average molecular weight is 854 g/mol. The third kappa shape index (κ3) is 10.3. The molecule has 322 valence electrons. The molecule has 0 atom stereocenters. The Morgan fingerprint density at radius 2 is 0.303 bits per heavy atom. The average Bonchev–Trinajstić information content (AvgIpc) is 3.35. The highest BCUT2D eigenvalue weighted by Crippen LogP contribution is 2.38. The van der Waals surface area contributed by atoms with Crippen LogP contribution in [0.4, 0.5) is 51.2 Å². The minimum atomic E-state index is 1.10. The summed E-state index contributed by atoms with van der Waals surface area (Å²) in [6.45, 7) is 10.6. The molecule has 3 heteroatoms. The maximum atomic E-state index is 2.32. The van der Waals surface area contributed by atoms with Crippen molar-refractivity contribution in [2.24, 2.45) is 0 Å². The van der Waals surface area contributed by atoms with E-state index in [4.69, 9.17) is 0 Å². The smallest absolute Gasteiger partial charge is 0.0462 e. The fraction of sp³-hybridized carbons (Fsp3) is 0.0794. The topological polar surface area (TPSA) is 9.72 Å². The van der Waals surface area contributed by atoms with Crippen molar-refractivity contribution >= 4 is 75.5 Å². The predicted molar refractivity (Wildman–Crippen MR) is 285 cm³/mol. The highest BCUT2D eigenvalue weighted by Gasteiger charge is 2.15. The molecule has 0 saturated heterocycles. The normalized spacial score (nSPS) is 11.3. The van der Waals surface area contributed by atoms with Gasteiger partial charge in [0.2, 0.25) is 0 Å². The van der Waals surface area contributed by atoms with Crippen LogP contribution in [0.25, 0.3) is 24.3 Å². The molecule has 9 aromatic carbocycles. The van der Waals surface area contributed by atoms with Gasteiger partial charge in [0.05, 0.1) is 0 Å². The third-order valence-electron chi connectivity index (χ3n) is 12.0. The first-order valence-electron chi connectivity index (χ1n) is 22.7. The molecule has 0 aromatic heterocycles. The summed E-state index contributed by atoms with van der Waals surface area (Å²) in [6.07, 6.45) is 8.74.